The van der Waals surface area contributed by atoms with E-state index in [-0.39, 0.29) is 17.2 Å². The van der Waals surface area contributed by atoms with Gasteiger partial charge in [0.25, 0.3) is 11.8 Å². The van der Waals surface area contributed by atoms with Gasteiger partial charge in [-0.3, -0.25) is 9.59 Å². The van der Waals surface area contributed by atoms with Crippen LogP contribution in [0.25, 0.3) is 0 Å². The van der Waals surface area contributed by atoms with Gasteiger partial charge in [-0.05, 0) is 78.6 Å². The molecule has 0 bridgehead atoms. The molecule has 0 fully saturated rings. The van der Waals surface area contributed by atoms with E-state index in [0.29, 0.717) is 32.8 Å². The Kier molecular flexibility index (Phi) is 6.99. The van der Waals surface area contributed by atoms with Crippen LogP contribution in [0.4, 0.5) is 10.7 Å². The molecule has 4 rings (SSSR count). The lowest BCUT2D eigenvalue weighted by Crippen LogP contribution is -2.27. The van der Waals surface area contributed by atoms with Crippen LogP contribution in [0, 0.1) is 11.3 Å². The molecule has 1 aliphatic carbocycles. The zero-order chi connectivity index (χ0) is 23.8. The highest BCUT2D eigenvalue weighted by Crippen LogP contribution is 2.44. The Morgan fingerprint density at radius 3 is 2.45 bits per heavy atom. The summed E-state index contributed by atoms with van der Waals surface area (Å²) < 4.78 is 0.941. The lowest BCUT2D eigenvalue weighted by atomic mass is 9.72. The van der Waals surface area contributed by atoms with Gasteiger partial charge in [0, 0.05) is 25.6 Å². The van der Waals surface area contributed by atoms with Crippen LogP contribution in [0.5, 0.6) is 0 Å². The standard InChI is InChI=1S/C26H26BrClN2O2S/c1-26(2,3)16-7-12-20-21(14-16)33-25(30-23(31)15-5-4-6-18(28)13-15)22(20)24(32)29-19-10-8-17(27)9-11-19/h4-6,8-11,13,16H,7,12,14H2,1-3H3,(H,29,32)(H,30,31). The molecule has 1 atom stereocenters. The molecule has 2 N–H and O–H groups in total. The maximum absolute atomic E-state index is 13.4. The molecule has 2 amide bonds. The number of benzene rings is 2. The number of hydrogen-bond donors (Lipinski definition) is 2. The maximum atomic E-state index is 13.4. The third kappa shape index (κ3) is 5.51. The first-order valence-corrected chi connectivity index (χ1v) is 12.9. The van der Waals surface area contributed by atoms with E-state index in [1.54, 1.807) is 24.3 Å². The largest absolute Gasteiger partial charge is 0.322 e. The minimum absolute atomic E-state index is 0.186. The molecule has 0 spiro atoms. The van der Waals surface area contributed by atoms with Gasteiger partial charge >= 0.3 is 0 Å². The lowest BCUT2D eigenvalue weighted by molar-refractivity contribution is 0.102. The minimum atomic E-state index is -0.277. The van der Waals surface area contributed by atoms with Gasteiger partial charge in [-0.25, -0.2) is 0 Å². The van der Waals surface area contributed by atoms with E-state index in [1.807, 2.05) is 24.3 Å². The van der Waals surface area contributed by atoms with Gasteiger partial charge in [-0.2, -0.15) is 0 Å². The van der Waals surface area contributed by atoms with Crippen LogP contribution in [-0.2, 0) is 12.8 Å². The zero-order valence-electron chi connectivity index (χ0n) is 18.8. The molecule has 1 aromatic heterocycles. The first-order valence-electron chi connectivity index (χ1n) is 10.9. The second-order valence-electron chi connectivity index (χ2n) is 9.44. The van der Waals surface area contributed by atoms with Crippen molar-refractivity contribution < 1.29 is 9.59 Å². The number of rotatable bonds is 4. The van der Waals surface area contributed by atoms with Gasteiger partial charge in [0.2, 0.25) is 0 Å². The van der Waals surface area contributed by atoms with E-state index >= 15 is 0 Å². The van der Waals surface area contributed by atoms with Crippen molar-refractivity contribution in [1.82, 2.24) is 0 Å². The summed E-state index contributed by atoms with van der Waals surface area (Å²) in [5.41, 5.74) is 2.97. The SMILES string of the molecule is CC(C)(C)C1CCc2c(sc(NC(=O)c3cccc(Cl)c3)c2C(=O)Nc2ccc(Br)cc2)C1. The molecular weight excluding hydrogens is 520 g/mol. The molecule has 4 nitrogen and oxygen atoms in total. The zero-order valence-corrected chi connectivity index (χ0v) is 22.0. The topological polar surface area (TPSA) is 58.2 Å². The summed E-state index contributed by atoms with van der Waals surface area (Å²) in [5, 5.41) is 7.08. The van der Waals surface area contributed by atoms with Crippen molar-refractivity contribution in [1.29, 1.82) is 0 Å². The molecule has 172 valence electrons. The van der Waals surface area contributed by atoms with Crippen molar-refractivity contribution >= 4 is 61.4 Å². The second-order valence-corrected chi connectivity index (χ2v) is 11.9. The molecule has 0 aliphatic heterocycles. The fourth-order valence-corrected chi connectivity index (χ4v) is 5.96. The summed E-state index contributed by atoms with van der Waals surface area (Å²) >= 11 is 11.0. The molecule has 33 heavy (non-hydrogen) atoms. The Morgan fingerprint density at radius 2 is 1.79 bits per heavy atom. The monoisotopic (exact) mass is 544 g/mol. The highest BCUT2D eigenvalue weighted by Gasteiger charge is 2.34. The molecule has 1 unspecified atom stereocenters. The van der Waals surface area contributed by atoms with E-state index in [2.05, 4.69) is 47.3 Å². The number of carbonyl (C=O) groups excluding carboxylic acids is 2. The van der Waals surface area contributed by atoms with Crippen molar-refractivity contribution in [3.8, 4) is 0 Å². The van der Waals surface area contributed by atoms with Crippen LogP contribution in [0.1, 0.15) is 58.3 Å². The highest BCUT2D eigenvalue weighted by molar-refractivity contribution is 9.10. The van der Waals surface area contributed by atoms with Crippen LogP contribution < -0.4 is 10.6 Å². The Labute approximate surface area is 211 Å². The van der Waals surface area contributed by atoms with Crippen LogP contribution in [0.15, 0.2) is 53.0 Å². The van der Waals surface area contributed by atoms with E-state index in [9.17, 15) is 9.59 Å². The van der Waals surface area contributed by atoms with Gasteiger partial charge in [-0.1, -0.05) is 54.4 Å². The number of fused-ring (bicyclic) bond motifs is 1. The Morgan fingerprint density at radius 1 is 1.06 bits per heavy atom. The number of halogens is 2. The van der Waals surface area contributed by atoms with Gasteiger partial charge in [-0.15, -0.1) is 11.3 Å². The summed E-state index contributed by atoms with van der Waals surface area (Å²) in [6, 6.07) is 14.3. The van der Waals surface area contributed by atoms with Crippen molar-refractivity contribution in [2.24, 2.45) is 11.3 Å². The Bertz CT molecular complexity index is 1200. The quantitative estimate of drug-likeness (QED) is 0.351. The second kappa shape index (κ2) is 9.61. The van der Waals surface area contributed by atoms with Crippen molar-refractivity contribution in [2.45, 2.75) is 40.0 Å². The highest BCUT2D eigenvalue weighted by atomic mass is 79.9. The van der Waals surface area contributed by atoms with E-state index in [4.69, 9.17) is 11.6 Å². The van der Waals surface area contributed by atoms with E-state index in [1.165, 1.54) is 16.2 Å². The molecule has 1 aliphatic rings. The summed E-state index contributed by atoms with van der Waals surface area (Å²) in [6.07, 6.45) is 2.76. The summed E-state index contributed by atoms with van der Waals surface area (Å²) in [6.45, 7) is 6.79. The molecule has 1 heterocycles. The maximum Gasteiger partial charge on any atom is 0.258 e. The number of hydrogen-bond acceptors (Lipinski definition) is 3. The summed E-state index contributed by atoms with van der Waals surface area (Å²) in [4.78, 5) is 27.6. The first kappa shape index (κ1) is 24.0. The summed E-state index contributed by atoms with van der Waals surface area (Å²) in [5.74, 6) is 0.0501. The number of anilines is 2. The molecule has 0 saturated carbocycles. The Balaban J connectivity index is 1.68. The van der Waals surface area contributed by atoms with E-state index < -0.39 is 0 Å². The molecule has 0 radical (unpaired) electrons. The Hall–Kier alpha value is -2.15. The van der Waals surface area contributed by atoms with Gasteiger partial charge < -0.3 is 10.6 Å². The van der Waals surface area contributed by atoms with Gasteiger partial charge in [0.15, 0.2) is 0 Å². The smallest absolute Gasteiger partial charge is 0.258 e. The number of carbonyl (C=O) groups is 2. The fraction of sp³-hybridized carbons (Fsp3) is 0.308. The number of nitrogens with one attached hydrogen (secondary N) is 2. The summed E-state index contributed by atoms with van der Waals surface area (Å²) in [7, 11) is 0. The predicted molar refractivity (Wildman–Crippen MR) is 141 cm³/mol. The van der Waals surface area contributed by atoms with Gasteiger partial charge in [0.1, 0.15) is 5.00 Å². The van der Waals surface area contributed by atoms with Crippen LogP contribution in [0.2, 0.25) is 5.02 Å². The number of amides is 2. The van der Waals surface area contributed by atoms with E-state index in [0.717, 1.165) is 29.3 Å². The van der Waals surface area contributed by atoms with Gasteiger partial charge in [0.05, 0.1) is 5.56 Å². The molecule has 3 aromatic rings. The average molecular weight is 546 g/mol. The minimum Gasteiger partial charge on any atom is -0.322 e. The normalized spacial score (nSPS) is 15.6. The molecular formula is C26H26BrClN2O2S. The third-order valence-corrected chi connectivity index (χ3v) is 8.07. The van der Waals surface area contributed by atoms with Crippen LogP contribution in [0.3, 0.4) is 0 Å². The van der Waals surface area contributed by atoms with Crippen LogP contribution in [-0.4, -0.2) is 11.8 Å². The third-order valence-electron chi connectivity index (χ3n) is 6.13. The number of thiophene rings is 1. The molecule has 0 saturated heterocycles. The average Bonchev–Trinajstić information content (AvgIpc) is 3.11. The van der Waals surface area contributed by atoms with Crippen molar-refractivity contribution in [3.63, 3.8) is 0 Å². The fourth-order valence-electron chi connectivity index (χ4n) is 4.19. The van der Waals surface area contributed by atoms with Crippen LogP contribution >= 0.6 is 38.9 Å². The van der Waals surface area contributed by atoms with Crippen molar-refractivity contribution in [3.05, 3.63) is 79.6 Å². The lowest BCUT2D eigenvalue weighted by Gasteiger charge is -2.33. The molecule has 7 heteroatoms. The predicted octanol–water partition coefficient (Wildman–Crippen LogP) is 7.82. The molecule has 2 aromatic carbocycles. The van der Waals surface area contributed by atoms with Crippen molar-refractivity contribution in [2.75, 3.05) is 10.6 Å². The first-order chi connectivity index (χ1) is 15.6.